The van der Waals surface area contributed by atoms with Gasteiger partial charge in [0.25, 0.3) is 0 Å². The average molecular weight is 382 g/mol. The van der Waals surface area contributed by atoms with E-state index in [1.54, 1.807) is 19.3 Å². The van der Waals surface area contributed by atoms with Crippen molar-refractivity contribution in [3.8, 4) is 45.8 Å². The van der Waals surface area contributed by atoms with Crippen molar-refractivity contribution in [1.29, 1.82) is 0 Å². The molecule has 0 aliphatic carbocycles. The SMILES string of the molecule is Cc1nnc(-c2cccc(-c3nnc(-c4ccc(-c5ccccn5)nc4)o3)c2)o1. The molecule has 0 fully saturated rings. The summed E-state index contributed by atoms with van der Waals surface area (Å²) < 4.78 is 11.3. The first kappa shape index (κ1) is 16.9. The van der Waals surface area contributed by atoms with Crippen LogP contribution in [0.1, 0.15) is 5.89 Å². The van der Waals surface area contributed by atoms with Gasteiger partial charge in [-0.05, 0) is 42.5 Å². The van der Waals surface area contributed by atoms with E-state index in [0.717, 1.165) is 28.1 Å². The molecule has 0 aliphatic heterocycles. The van der Waals surface area contributed by atoms with Crippen LogP contribution in [0.2, 0.25) is 0 Å². The van der Waals surface area contributed by atoms with Crippen LogP contribution < -0.4 is 0 Å². The van der Waals surface area contributed by atoms with Crippen LogP contribution in [0.25, 0.3) is 45.8 Å². The predicted molar refractivity (Wildman–Crippen MR) is 104 cm³/mol. The first-order chi connectivity index (χ1) is 14.3. The third-order valence-electron chi connectivity index (χ3n) is 4.25. The Morgan fingerprint density at radius 3 is 2.00 bits per heavy atom. The van der Waals surface area contributed by atoms with E-state index >= 15 is 0 Å². The Balaban J connectivity index is 1.42. The summed E-state index contributed by atoms with van der Waals surface area (Å²) in [6, 6.07) is 17.0. The van der Waals surface area contributed by atoms with Gasteiger partial charge in [-0.3, -0.25) is 9.97 Å². The second-order valence-corrected chi connectivity index (χ2v) is 6.27. The number of hydrogen-bond acceptors (Lipinski definition) is 8. The van der Waals surface area contributed by atoms with Crippen molar-refractivity contribution in [2.75, 3.05) is 0 Å². The highest BCUT2D eigenvalue weighted by Crippen LogP contribution is 2.27. The Hall–Kier alpha value is -4.20. The molecule has 8 nitrogen and oxygen atoms in total. The first-order valence-electron chi connectivity index (χ1n) is 8.88. The molecular weight excluding hydrogens is 368 g/mol. The van der Waals surface area contributed by atoms with Gasteiger partial charge in [-0.2, -0.15) is 0 Å². The van der Waals surface area contributed by atoms with E-state index in [-0.39, 0.29) is 0 Å². The fraction of sp³-hybridized carbons (Fsp3) is 0.0476. The monoisotopic (exact) mass is 382 g/mol. The number of aromatic nitrogens is 6. The molecule has 29 heavy (non-hydrogen) atoms. The summed E-state index contributed by atoms with van der Waals surface area (Å²) in [5.41, 5.74) is 3.85. The molecule has 1 aromatic carbocycles. The van der Waals surface area contributed by atoms with E-state index < -0.39 is 0 Å². The number of aryl methyl sites for hydroxylation is 1. The van der Waals surface area contributed by atoms with Crippen LogP contribution >= 0.6 is 0 Å². The van der Waals surface area contributed by atoms with E-state index in [4.69, 9.17) is 8.83 Å². The van der Waals surface area contributed by atoms with Crippen molar-refractivity contribution >= 4 is 0 Å². The van der Waals surface area contributed by atoms with Crippen LogP contribution in [0, 0.1) is 6.92 Å². The van der Waals surface area contributed by atoms with Crippen LogP contribution in [0.15, 0.2) is 75.8 Å². The summed E-state index contributed by atoms with van der Waals surface area (Å²) in [6.07, 6.45) is 3.43. The molecule has 5 rings (SSSR count). The Kier molecular flexibility index (Phi) is 4.14. The molecule has 0 unspecified atom stereocenters. The van der Waals surface area contributed by atoms with Crippen molar-refractivity contribution < 1.29 is 8.83 Å². The van der Waals surface area contributed by atoms with Gasteiger partial charge in [0, 0.05) is 30.4 Å². The molecule has 0 amide bonds. The van der Waals surface area contributed by atoms with E-state index in [0.29, 0.717) is 23.6 Å². The fourth-order valence-corrected chi connectivity index (χ4v) is 2.84. The smallest absolute Gasteiger partial charge is 0.249 e. The van der Waals surface area contributed by atoms with E-state index in [1.165, 1.54) is 0 Å². The number of hydrogen-bond donors (Lipinski definition) is 0. The lowest BCUT2D eigenvalue weighted by Crippen LogP contribution is -1.87. The topological polar surface area (TPSA) is 104 Å². The van der Waals surface area contributed by atoms with Crippen LogP contribution in [-0.4, -0.2) is 30.4 Å². The van der Waals surface area contributed by atoms with Gasteiger partial charge in [-0.15, -0.1) is 20.4 Å². The number of benzene rings is 1. The fourth-order valence-electron chi connectivity index (χ4n) is 2.84. The lowest BCUT2D eigenvalue weighted by Gasteiger charge is -2.00. The molecule has 0 spiro atoms. The highest BCUT2D eigenvalue weighted by atomic mass is 16.4. The van der Waals surface area contributed by atoms with Crippen LogP contribution in [-0.2, 0) is 0 Å². The molecule has 140 valence electrons. The molecule has 0 saturated carbocycles. The zero-order chi connectivity index (χ0) is 19.6. The molecule has 4 aromatic heterocycles. The minimum Gasteiger partial charge on any atom is -0.421 e. The van der Waals surface area contributed by atoms with Crippen molar-refractivity contribution in [3.05, 3.63) is 72.9 Å². The molecule has 0 N–H and O–H groups in total. The molecular formula is C21H14N6O2. The van der Waals surface area contributed by atoms with Gasteiger partial charge in [0.2, 0.25) is 23.6 Å². The maximum absolute atomic E-state index is 5.85. The molecule has 0 radical (unpaired) electrons. The number of rotatable bonds is 4. The van der Waals surface area contributed by atoms with Crippen LogP contribution in [0.5, 0.6) is 0 Å². The summed E-state index contributed by atoms with van der Waals surface area (Å²) in [5.74, 6) is 1.73. The van der Waals surface area contributed by atoms with Crippen molar-refractivity contribution in [2.45, 2.75) is 6.92 Å². The molecule has 4 heterocycles. The third-order valence-corrected chi connectivity index (χ3v) is 4.25. The van der Waals surface area contributed by atoms with E-state index in [9.17, 15) is 0 Å². The normalized spacial score (nSPS) is 10.9. The first-order valence-corrected chi connectivity index (χ1v) is 8.88. The van der Waals surface area contributed by atoms with Gasteiger partial charge >= 0.3 is 0 Å². The minimum atomic E-state index is 0.388. The predicted octanol–water partition coefficient (Wildman–Crippen LogP) is 4.22. The molecule has 5 aromatic rings. The van der Waals surface area contributed by atoms with Gasteiger partial charge < -0.3 is 8.83 Å². The molecule has 0 bridgehead atoms. The van der Waals surface area contributed by atoms with Crippen LogP contribution in [0.4, 0.5) is 0 Å². The van der Waals surface area contributed by atoms with Crippen molar-refractivity contribution in [1.82, 2.24) is 30.4 Å². The van der Waals surface area contributed by atoms with E-state index in [2.05, 4.69) is 30.4 Å². The standard InChI is InChI=1S/C21H14N6O2/c1-13-24-25-19(28-13)14-5-4-6-15(11-14)20-26-27-21(29-20)16-8-9-18(23-12-16)17-7-2-3-10-22-17/h2-12H,1H3. The Labute approximate surface area is 165 Å². The highest BCUT2D eigenvalue weighted by Gasteiger charge is 2.13. The Bertz CT molecular complexity index is 1260. The van der Waals surface area contributed by atoms with Gasteiger partial charge in [0.1, 0.15) is 0 Å². The van der Waals surface area contributed by atoms with E-state index in [1.807, 2.05) is 54.6 Å². The highest BCUT2D eigenvalue weighted by molar-refractivity contribution is 5.65. The zero-order valence-corrected chi connectivity index (χ0v) is 15.4. The summed E-state index contributed by atoms with van der Waals surface area (Å²) in [7, 11) is 0. The van der Waals surface area contributed by atoms with Crippen molar-refractivity contribution in [2.24, 2.45) is 0 Å². The number of pyridine rings is 2. The average Bonchev–Trinajstić information content (AvgIpc) is 3.44. The molecule has 0 atom stereocenters. The summed E-state index contributed by atoms with van der Waals surface area (Å²) in [4.78, 5) is 8.74. The van der Waals surface area contributed by atoms with Gasteiger partial charge in [-0.1, -0.05) is 12.1 Å². The van der Waals surface area contributed by atoms with Gasteiger partial charge in [0.15, 0.2) is 0 Å². The van der Waals surface area contributed by atoms with Gasteiger partial charge in [-0.25, -0.2) is 0 Å². The zero-order valence-electron chi connectivity index (χ0n) is 15.4. The minimum absolute atomic E-state index is 0.388. The Morgan fingerprint density at radius 2 is 1.34 bits per heavy atom. The summed E-state index contributed by atoms with van der Waals surface area (Å²) >= 11 is 0. The second-order valence-electron chi connectivity index (χ2n) is 6.27. The lowest BCUT2D eigenvalue weighted by atomic mass is 10.1. The summed E-state index contributed by atoms with van der Waals surface area (Å²) in [6.45, 7) is 1.75. The van der Waals surface area contributed by atoms with Gasteiger partial charge in [0.05, 0.1) is 17.0 Å². The largest absolute Gasteiger partial charge is 0.421 e. The molecule has 0 aliphatic rings. The summed E-state index contributed by atoms with van der Waals surface area (Å²) in [5, 5.41) is 16.2. The Morgan fingerprint density at radius 1 is 0.621 bits per heavy atom. The second kappa shape index (κ2) is 7.08. The maximum Gasteiger partial charge on any atom is 0.249 e. The maximum atomic E-state index is 5.85. The lowest BCUT2D eigenvalue weighted by molar-refractivity contribution is 0.533. The van der Waals surface area contributed by atoms with Crippen LogP contribution in [0.3, 0.4) is 0 Å². The quantitative estimate of drug-likeness (QED) is 0.455. The molecule has 8 heteroatoms. The van der Waals surface area contributed by atoms with Crippen molar-refractivity contribution in [3.63, 3.8) is 0 Å². The third kappa shape index (κ3) is 3.39. The number of nitrogens with zero attached hydrogens (tertiary/aromatic N) is 6. The molecule has 0 saturated heterocycles.